The highest BCUT2D eigenvalue weighted by Crippen LogP contribution is 2.40. The van der Waals surface area contributed by atoms with Crippen LogP contribution >= 0.6 is 0 Å². The maximum absolute atomic E-state index is 12.2. The average Bonchev–Trinajstić information content (AvgIpc) is 2.98. The van der Waals surface area contributed by atoms with Gasteiger partial charge in [0.2, 0.25) is 0 Å². The molecule has 1 aliphatic carbocycles. The molecular weight excluding hydrogens is 292 g/mol. The summed E-state index contributed by atoms with van der Waals surface area (Å²) in [6, 6.07) is 9.77. The second-order valence-corrected chi connectivity index (χ2v) is 5.26. The van der Waals surface area contributed by atoms with E-state index in [4.69, 9.17) is 9.47 Å². The topological polar surface area (TPSA) is 52.6 Å². The summed E-state index contributed by atoms with van der Waals surface area (Å²) < 4.78 is 9.69. The first-order chi connectivity index (χ1) is 11.1. The van der Waals surface area contributed by atoms with E-state index < -0.39 is 11.9 Å². The van der Waals surface area contributed by atoms with Crippen molar-refractivity contribution in [3.63, 3.8) is 0 Å². The van der Waals surface area contributed by atoms with Gasteiger partial charge in [-0.1, -0.05) is 48.6 Å². The molecular formula is C19H20O4. The molecule has 0 unspecified atom stereocenters. The maximum Gasteiger partial charge on any atom is 0.334 e. The number of hydrogen-bond acceptors (Lipinski definition) is 4. The Hall–Kier alpha value is -2.62. The standard InChI is InChI=1S/C19H20O4/c1-4-14-12-15(11-10-13-8-6-5-7-9-13)17(19(21)23-3)16(14)18(20)22-2/h4-11,14-15H,1,12H2,2-3H3/b11-10+/t14-,15+/m1/s1. The molecule has 0 heterocycles. The van der Waals surface area contributed by atoms with Crippen LogP contribution in [0.4, 0.5) is 0 Å². The van der Waals surface area contributed by atoms with E-state index in [0.29, 0.717) is 17.6 Å². The zero-order valence-electron chi connectivity index (χ0n) is 13.3. The molecule has 2 atom stereocenters. The van der Waals surface area contributed by atoms with Crippen LogP contribution in [-0.2, 0) is 19.1 Å². The zero-order chi connectivity index (χ0) is 16.8. The van der Waals surface area contributed by atoms with Gasteiger partial charge in [0, 0.05) is 11.8 Å². The molecule has 0 aromatic heterocycles. The predicted octanol–water partition coefficient (Wildman–Crippen LogP) is 3.16. The van der Waals surface area contributed by atoms with Gasteiger partial charge >= 0.3 is 11.9 Å². The molecule has 1 aromatic carbocycles. The van der Waals surface area contributed by atoms with Crippen LogP contribution in [-0.4, -0.2) is 26.2 Å². The fourth-order valence-electron chi connectivity index (χ4n) is 2.83. The van der Waals surface area contributed by atoms with Gasteiger partial charge < -0.3 is 9.47 Å². The van der Waals surface area contributed by atoms with Gasteiger partial charge in [0.25, 0.3) is 0 Å². The average molecular weight is 312 g/mol. The minimum absolute atomic E-state index is 0.209. The van der Waals surface area contributed by atoms with E-state index in [0.717, 1.165) is 5.56 Å². The van der Waals surface area contributed by atoms with Crippen molar-refractivity contribution in [2.45, 2.75) is 6.42 Å². The second-order valence-electron chi connectivity index (χ2n) is 5.26. The van der Waals surface area contributed by atoms with Crippen molar-refractivity contribution in [3.05, 3.63) is 65.8 Å². The van der Waals surface area contributed by atoms with E-state index in [2.05, 4.69) is 6.58 Å². The molecule has 0 bridgehead atoms. The molecule has 23 heavy (non-hydrogen) atoms. The molecule has 0 aliphatic heterocycles. The summed E-state index contributed by atoms with van der Waals surface area (Å²) in [5.41, 5.74) is 1.73. The highest BCUT2D eigenvalue weighted by Gasteiger charge is 2.39. The molecule has 2 rings (SSSR count). The molecule has 1 aromatic rings. The van der Waals surface area contributed by atoms with E-state index in [1.807, 2.05) is 42.5 Å². The van der Waals surface area contributed by atoms with E-state index in [9.17, 15) is 9.59 Å². The smallest absolute Gasteiger partial charge is 0.334 e. The second kappa shape index (κ2) is 7.58. The van der Waals surface area contributed by atoms with Crippen LogP contribution in [0, 0.1) is 11.8 Å². The Morgan fingerprint density at radius 1 is 1.04 bits per heavy atom. The summed E-state index contributed by atoms with van der Waals surface area (Å²) >= 11 is 0. The summed E-state index contributed by atoms with van der Waals surface area (Å²) in [6.45, 7) is 3.76. The number of hydrogen-bond donors (Lipinski definition) is 0. The van der Waals surface area contributed by atoms with Gasteiger partial charge in [0.15, 0.2) is 0 Å². The van der Waals surface area contributed by atoms with Crippen LogP contribution in [0.2, 0.25) is 0 Å². The Morgan fingerprint density at radius 3 is 2.13 bits per heavy atom. The lowest BCUT2D eigenvalue weighted by molar-refractivity contribution is -0.139. The van der Waals surface area contributed by atoms with Crippen molar-refractivity contribution in [1.82, 2.24) is 0 Å². The number of carbonyl (C=O) groups is 2. The number of methoxy groups -OCH3 is 2. The van der Waals surface area contributed by atoms with Gasteiger partial charge in [-0.3, -0.25) is 0 Å². The minimum Gasteiger partial charge on any atom is -0.466 e. The van der Waals surface area contributed by atoms with Gasteiger partial charge in [-0.15, -0.1) is 6.58 Å². The number of esters is 2. The summed E-state index contributed by atoms with van der Waals surface area (Å²) in [4.78, 5) is 24.2. The molecule has 4 nitrogen and oxygen atoms in total. The van der Waals surface area contributed by atoms with Crippen LogP contribution in [0.5, 0.6) is 0 Å². The lowest BCUT2D eigenvalue weighted by Gasteiger charge is -2.09. The monoisotopic (exact) mass is 312 g/mol. The van der Waals surface area contributed by atoms with Crippen LogP contribution in [0.3, 0.4) is 0 Å². The lowest BCUT2D eigenvalue weighted by atomic mass is 9.98. The Kier molecular flexibility index (Phi) is 5.52. The fourth-order valence-corrected chi connectivity index (χ4v) is 2.83. The first-order valence-electron chi connectivity index (χ1n) is 7.38. The predicted molar refractivity (Wildman–Crippen MR) is 88.3 cm³/mol. The number of benzene rings is 1. The fraction of sp³-hybridized carbons (Fsp3) is 0.263. The molecule has 0 amide bonds. The molecule has 1 aliphatic rings. The lowest BCUT2D eigenvalue weighted by Crippen LogP contribution is -2.16. The Bertz CT molecular complexity index is 655. The van der Waals surface area contributed by atoms with E-state index >= 15 is 0 Å². The van der Waals surface area contributed by atoms with Gasteiger partial charge in [0.05, 0.1) is 25.4 Å². The van der Waals surface area contributed by atoms with Gasteiger partial charge in [-0.25, -0.2) is 9.59 Å². The SMILES string of the molecule is C=C[C@@H]1C[C@H](/C=C/c2ccccc2)C(C(=O)OC)=C1C(=O)OC. The number of rotatable bonds is 5. The molecule has 0 radical (unpaired) electrons. The van der Waals surface area contributed by atoms with Crippen molar-refractivity contribution in [1.29, 1.82) is 0 Å². The molecule has 4 heteroatoms. The molecule has 0 fully saturated rings. The number of ether oxygens (including phenoxy) is 2. The normalized spacial score (nSPS) is 20.6. The van der Waals surface area contributed by atoms with E-state index in [1.165, 1.54) is 14.2 Å². The number of carbonyl (C=O) groups excluding carboxylic acids is 2. The maximum atomic E-state index is 12.2. The Labute approximate surface area is 136 Å². The van der Waals surface area contributed by atoms with Gasteiger partial charge in [-0.05, 0) is 12.0 Å². The van der Waals surface area contributed by atoms with Crippen molar-refractivity contribution in [3.8, 4) is 0 Å². The largest absolute Gasteiger partial charge is 0.466 e. The van der Waals surface area contributed by atoms with Crippen molar-refractivity contribution >= 4 is 18.0 Å². The summed E-state index contributed by atoms with van der Waals surface area (Å²) in [5.74, 6) is -1.44. The molecule has 120 valence electrons. The number of allylic oxidation sites excluding steroid dienone is 2. The van der Waals surface area contributed by atoms with E-state index in [1.54, 1.807) is 6.08 Å². The van der Waals surface area contributed by atoms with Gasteiger partial charge in [-0.2, -0.15) is 0 Å². The van der Waals surface area contributed by atoms with Crippen LogP contribution < -0.4 is 0 Å². The van der Waals surface area contributed by atoms with Crippen LogP contribution in [0.25, 0.3) is 6.08 Å². The zero-order valence-corrected chi connectivity index (χ0v) is 13.3. The quantitative estimate of drug-likeness (QED) is 0.619. The highest BCUT2D eigenvalue weighted by molar-refractivity contribution is 6.02. The third kappa shape index (κ3) is 3.59. The summed E-state index contributed by atoms with van der Waals surface area (Å²) in [5, 5.41) is 0. The summed E-state index contributed by atoms with van der Waals surface area (Å²) in [7, 11) is 2.61. The molecule has 0 N–H and O–H groups in total. The van der Waals surface area contributed by atoms with Crippen LogP contribution in [0.15, 0.2) is 60.2 Å². The minimum atomic E-state index is -0.508. The first kappa shape index (κ1) is 16.7. The first-order valence-corrected chi connectivity index (χ1v) is 7.38. The van der Waals surface area contributed by atoms with Crippen molar-refractivity contribution < 1.29 is 19.1 Å². The Balaban J connectivity index is 2.40. The summed E-state index contributed by atoms with van der Waals surface area (Å²) in [6.07, 6.45) is 6.13. The van der Waals surface area contributed by atoms with Crippen molar-refractivity contribution in [2.24, 2.45) is 11.8 Å². The van der Waals surface area contributed by atoms with Crippen molar-refractivity contribution in [2.75, 3.05) is 14.2 Å². The van der Waals surface area contributed by atoms with Crippen LogP contribution in [0.1, 0.15) is 12.0 Å². The van der Waals surface area contributed by atoms with Gasteiger partial charge in [0.1, 0.15) is 0 Å². The van der Waals surface area contributed by atoms with E-state index in [-0.39, 0.29) is 11.8 Å². The Morgan fingerprint density at radius 2 is 1.61 bits per heavy atom. The molecule has 0 saturated carbocycles. The third-order valence-corrected chi connectivity index (χ3v) is 3.96. The highest BCUT2D eigenvalue weighted by atomic mass is 16.5. The molecule has 0 spiro atoms. The molecule has 0 saturated heterocycles. The third-order valence-electron chi connectivity index (χ3n) is 3.96.